The molecule has 0 aliphatic carbocycles. The van der Waals surface area contributed by atoms with E-state index in [9.17, 15) is 9.59 Å². The van der Waals surface area contributed by atoms with E-state index in [1.807, 2.05) is 25.7 Å². The van der Waals surface area contributed by atoms with Crippen molar-refractivity contribution < 1.29 is 9.53 Å². The van der Waals surface area contributed by atoms with Crippen molar-refractivity contribution in [2.45, 2.75) is 65.1 Å². The van der Waals surface area contributed by atoms with Crippen molar-refractivity contribution in [3.05, 3.63) is 22.6 Å². The minimum Gasteiger partial charge on any atom is -0.444 e. The summed E-state index contributed by atoms with van der Waals surface area (Å²) in [5.41, 5.74) is 1.79. The third-order valence-corrected chi connectivity index (χ3v) is 5.39. The molecule has 0 aromatic carbocycles. The summed E-state index contributed by atoms with van der Waals surface area (Å²) in [5.74, 6) is 0. The number of pyridine rings is 1. The van der Waals surface area contributed by atoms with Crippen LogP contribution in [0.4, 0.5) is 10.5 Å². The summed E-state index contributed by atoms with van der Waals surface area (Å²) in [6, 6.07) is 1.75. The van der Waals surface area contributed by atoms with Gasteiger partial charge in [0.1, 0.15) is 11.1 Å². The molecule has 28 heavy (non-hydrogen) atoms. The summed E-state index contributed by atoms with van der Waals surface area (Å²) in [6.07, 6.45) is 3.12. The Morgan fingerprint density at radius 1 is 1.25 bits per heavy atom. The molecule has 0 unspecified atom stereocenters. The molecule has 1 N–H and O–H groups in total. The minimum absolute atomic E-state index is 0.00991. The molecular weight excluding hydrogens is 358 g/mol. The van der Waals surface area contributed by atoms with Crippen molar-refractivity contribution in [3.63, 3.8) is 0 Å². The Bertz CT molecular complexity index is 911. The number of hydrogen-bond acceptors (Lipinski definition) is 5. The van der Waals surface area contributed by atoms with E-state index in [1.165, 1.54) is 0 Å². The summed E-state index contributed by atoms with van der Waals surface area (Å²) < 4.78 is 7.23. The average Bonchev–Trinajstić information content (AvgIpc) is 3.12. The normalized spacial score (nSPS) is 20.6. The fourth-order valence-electron chi connectivity index (χ4n) is 3.84. The molecule has 1 aliphatic heterocycles. The molecule has 2 aromatic rings. The number of piperazine rings is 1. The molecule has 1 fully saturated rings. The van der Waals surface area contributed by atoms with Crippen LogP contribution < -0.4 is 10.5 Å². The Hall–Kier alpha value is -2.51. The number of aryl methyl sites for hydroxylation is 1. The highest BCUT2D eigenvalue weighted by Crippen LogP contribution is 2.30. The number of aromatic amines is 1. The van der Waals surface area contributed by atoms with E-state index in [4.69, 9.17) is 4.74 Å². The summed E-state index contributed by atoms with van der Waals surface area (Å²) in [5, 5.41) is 7.26. The second-order valence-corrected chi connectivity index (χ2v) is 8.46. The summed E-state index contributed by atoms with van der Waals surface area (Å²) >= 11 is 0. The third kappa shape index (κ3) is 3.72. The highest BCUT2D eigenvalue weighted by atomic mass is 16.6. The standard InChI is InChI=1S/C20H31N5O3/c1-7-13-12-25(19(27)28-20(3,4)5)14(8-2)11-24(13)15-9-17(26)23(6)16-10-21-22-18(15)16/h9-10,13-14H,7-8,11-12H2,1-6H3,(H,21,22)/t13-,14+/m0/s1. The SMILES string of the molecule is CC[C@@H]1CN(c2cc(=O)n(C)c3c[nH]nc23)[C@@H](CC)CN1C(=O)OC(C)(C)C. The quantitative estimate of drug-likeness (QED) is 0.873. The number of rotatable bonds is 3. The van der Waals surface area contributed by atoms with Gasteiger partial charge in [0, 0.05) is 38.4 Å². The Morgan fingerprint density at radius 2 is 1.93 bits per heavy atom. The van der Waals surface area contributed by atoms with Crippen molar-refractivity contribution in [1.29, 1.82) is 0 Å². The number of H-pyrrole nitrogens is 1. The predicted octanol–water partition coefficient (Wildman–Crippen LogP) is 2.88. The number of amides is 1. The number of carbonyl (C=O) groups is 1. The second-order valence-electron chi connectivity index (χ2n) is 8.46. The molecule has 0 bridgehead atoms. The van der Waals surface area contributed by atoms with Crippen LogP contribution in [0.2, 0.25) is 0 Å². The van der Waals surface area contributed by atoms with E-state index in [-0.39, 0.29) is 23.7 Å². The molecule has 8 heteroatoms. The molecule has 3 heterocycles. The van der Waals surface area contributed by atoms with Gasteiger partial charge in [0.15, 0.2) is 0 Å². The number of carbonyl (C=O) groups excluding carboxylic acids is 1. The van der Waals surface area contributed by atoms with Gasteiger partial charge in [0.05, 0.1) is 17.2 Å². The topological polar surface area (TPSA) is 83.5 Å². The summed E-state index contributed by atoms with van der Waals surface area (Å²) in [4.78, 5) is 29.3. The number of ether oxygens (including phenoxy) is 1. The smallest absolute Gasteiger partial charge is 0.410 e. The van der Waals surface area contributed by atoms with E-state index >= 15 is 0 Å². The summed E-state index contributed by atoms with van der Waals surface area (Å²) in [7, 11) is 1.75. The maximum absolute atomic E-state index is 12.8. The van der Waals surface area contributed by atoms with Crippen molar-refractivity contribution in [3.8, 4) is 0 Å². The fraction of sp³-hybridized carbons (Fsp3) is 0.650. The zero-order valence-electron chi connectivity index (χ0n) is 17.7. The predicted molar refractivity (Wildman–Crippen MR) is 110 cm³/mol. The molecule has 3 rings (SSSR count). The highest BCUT2D eigenvalue weighted by Gasteiger charge is 2.37. The van der Waals surface area contributed by atoms with Crippen molar-refractivity contribution in [2.24, 2.45) is 7.05 Å². The first-order valence-electron chi connectivity index (χ1n) is 9.96. The van der Waals surface area contributed by atoms with Crippen molar-refractivity contribution in [1.82, 2.24) is 19.7 Å². The molecule has 8 nitrogen and oxygen atoms in total. The molecule has 1 amide bonds. The van der Waals surface area contributed by atoms with Crippen LogP contribution in [0.5, 0.6) is 0 Å². The van der Waals surface area contributed by atoms with Crippen LogP contribution in [-0.4, -0.2) is 56.5 Å². The Kier molecular flexibility index (Phi) is 5.41. The molecule has 1 saturated heterocycles. The molecule has 2 aromatic heterocycles. The zero-order chi connectivity index (χ0) is 20.6. The van der Waals surface area contributed by atoms with Gasteiger partial charge >= 0.3 is 6.09 Å². The van der Waals surface area contributed by atoms with Crippen LogP contribution in [0.3, 0.4) is 0 Å². The zero-order valence-corrected chi connectivity index (χ0v) is 17.7. The van der Waals surface area contributed by atoms with Gasteiger partial charge in [-0.3, -0.25) is 9.89 Å². The maximum atomic E-state index is 12.8. The number of fused-ring (bicyclic) bond motifs is 1. The first-order valence-corrected chi connectivity index (χ1v) is 9.96. The van der Waals surface area contributed by atoms with Crippen molar-refractivity contribution in [2.75, 3.05) is 18.0 Å². The number of hydrogen-bond donors (Lipinski definition) is 1. The molecule has 0 saturated carbocycles. The van der Waals surface area contributed by atoms with E-state index in [0.29, 0.717) is 13.1 Å². The van der Waals surface area contributed by atoms with E-state index < -0.39 is 5.60 Å². The molecular formula is C20H31N5O3. The fourth-order valence-corrected chi connectivity index (χ4v) is 3.84. The van der Waals surface area contributed by atoms with Crippen LogP contribution >= 0.6 is 0 Å². The van der Waals surface area contributed by atoms with Crippen molar-refractivity contribution >= 4 is 22.8 Å². The van der Waals surface area contributed by atoms with Gasteiger partial charge in [-0.05, 0) is 33.6 Å². The van der Waals surface area contributed by atoms with E-state index in [0.717, 1.165) is 29.6 Å². The molecule has 0 spiro atoms. The minimum atomic E-state index is -0.527. The van der Waals surface area contributed by atoms with Gasteiger partial charge in [-0.15, -0.1) is 0 Å². The Balaban J connectivity index is 1.97. The first kappa shape index (κ1) is 20.2. The lowest BCUT2D eigenvalue weighted by molar-refractivity contribution is 0.00990. The lowest BCUT2D eigenvalue weighted by atomic mass is 10.0. The molecule has 1 aliphatic rings. The second kappa shape index (κ2) is 7.48. The first-order chi connectivity index (χ1) is 13.2. The maximum Gasteiger partial charge on any atom is 0.410 e. The Labute approximate surface area is 165 Å². The van der Waals surface area contributed by atoms with Gasteiger partial charge in [-0.1, -0.05) is 13.8 Å². The number of nitrogens with one attached hydrogen (secondary N) is 1. The third-order valence-electron chi connectivity index (χ3n) is 5.39. The van der Waals surface area contributed by atoms with Gasteiger partial charge in [0.2, 0.25) is 0 Å². The van der Waals surface area contributed by atoms with E-state index in [2.05, 4.69) is 28.9 Å². The van der Waals surface area contributed by atoms with Gasteiger partial charge < -0.3 is 19.1 Å². The van der Waals surface area contributed by atoms with Gasteiger partial charge in [0.25, 0.3) is 5.56 Å². The van der Waals surface area contributed by atoms with Crippen LogP contribution in [0, 0.1) is 0 Å². The lowest BCUT2D eigenvalue weighted by Crippen LogP contribution is -2.60. The van der Waals surface area contributed by atoms with Crippen LogP contribution in [0.1, 0.15) is 47.5 Å². The monoisotopic (exact) mass is 389 g/mol. The number of nitrogens with zero attached hydrogens (tertiary/aromatic N) is 4. The Morgan fingerprint density at radius 3 is 2.54 bits per heavy atom. The number of aromatic nitrogens is 3. The molecule has 154 valence electrons. The largest absolute Gasteiger partial charge is 0.444 e. The average molecular weight is 390 g/mol. The highest BCUT2D eigenvalue weighted by molar-refractivity contribution is 5.88. The van der Waals surface area contributed by atoms with Crippen LogP contribution in [-0.2, 0) is 11.8 Å². The molecule has 0 radical (unpaired) electrons. The number of anilines is 1. The van der Waals surface area contributed by atoms with E-state index in [1.54, 1.807) is 23.9 Å². The molecule has 2 atom stereocenters. The van der Waals surface area contributed by atoms with Crippen LogP contribution in [0.15, 0.2) is 17.1 Å². The summed E-state index contributed by atoms with van der Waals surface area (Å²) in [6.45, 7) is 11.0. The lowest BCUT2D eigenvalue weighted by Gasteiger charge is -2.47. The van der Waals surface area contributed by atoms with Gasteiger partial charge in [-0.25, -0.2) is 4.79 Å². The van der Waals surface area contributed by atoms with Gasteiger partial charge in [-0.2, -0.15) is 5.10 Å². The van der Waals surface area contributed by atoms with Crippen LogP contribution in [0.25, 0.3) is 11.0 Å².